The van der Waals surface area contributed by atoms with Gasteiger partial charge in [-0.05, 0) is 69.6 Å². The van der Waals surface area contributed by atoms with Crippen molar-refractivity contribution in [2.24, 2.45) is 11.8 Å². The molecule has 1 unspecified atom stereocenters. The van der Waals surface area contributed by atoms with Crippen molar-refractivity contribution in [3.05, 3.63) is 29.8 Å². The molecular formula is C22H29N3O2. The lowest BCUT2D eigenvalue weighted by Crippen LogP contribution is -2.47. The van der Waals surface area contributed by atoms with Crippen LogP contribution in [-0.2, 0) is 9.59 Å². The van der Waals surface area contributed by atoms with Crippen molar-refractivity contribution in [2.75, 3.05) is 11.9 Å². The zero-order chi connectivity index (χ0) is 19.2. The molecule has 0 spiro atoms. The summed E-state index contributed by atoms with van der Waals surface area (Å²) < 4.78 is 0. The number of carbonyl (C=O) groups excluding carboxylic acids is 2. The van der Waals surface area contributed by atoms with E-state index in [9.17, 15) is 9.59 Å². The fourth-order valence-corrected chi connectivity index (χ4v) is 4.46. The van der Waals surface area contributed by atoms with Crippen LogP contribution in [-0.4, -0.2) is 29.3 Å². The molecule has 0 radical (unpaired) electrons. The second kappa shape index (κ2) is 9.03. The van der Waals surface area contributed by atoms with Gasteiger partial charge in [0.05, 0.1) is 11.6 Å². The molecule has 1 aromatic rings. The standard InChI is InChI=1S/C22H29N3O2/c1-2-20-8-3-4-13-25(20)22(27)18-11-9-17(10-12-18)21(26)24-19-7-5-6-16(14-19)15-23/h5-7,14,17-18,20H,2-4,8-13H2,1H3,(H,24,26). The molecule has 27 heavy (non-hydrogen) atoms. The molecule has 1 aliphatic carbocycles. The summed E-state index contributed by atoms with van der Waals surface area (Å²) in [6.45, 7) is 3.06. The van der Waals surface area contributed by atoms with Crippen LogP contribution in [0.2, 0.25) is 0 Å². The normalized spacial score (nSPS) is 25.5. The average molecular weight is 367 g/mol. The maximum Gasteiger partial charge on any atom is 0.227 e. The van der Waals surface area contributed by atoms with Gasteiger partial charge in [-0.15, -0.1) is 0 Å². The van der Waals surface area contributed by atoms with Crippen molar-refractivity contribution >= 4 is 17.5 Å². The first-order valence-electron chi connectivity index (χ1n) is 10.2. The first-order valence-corrected chi connectivity index (χ1v) is 10.2. The Balaban J connectivity index is 1.52. The van der Waals surface area contributed by atoms with E-state index in [-0.39, 0.29) is 17.7 Å². The Kier molecular flexibility index (Phi) is 6.49. The number of carbonyl (C=O) groups is 2. The number of likely N-dealkylation sites (tertiary alicyclic amines) is 1. The van der Waals surface area contributed by atoms with Gasteiger partial charge in [0, 0.05) is 30.1 Å². The Morgan fingerprint density at radius 2 is 1.89 bits per heavy atom. The van der Waals surface area contributed by atoms with E-state index in [1.165, 1.54) is 6.42 Å². The largest absolute Gasteiger partial charge is 0.339 e. The van der Waals surface area contributed by atoms with E-state index in [1.807, 2.05) is 0 Å². The molecule has 2 aliphatic rings. The van der Waals surface area contributed by atoms with E-state index in [0.717, 1.165) is 51.5 Å². The number of nitrogens with one attached hydrogen (secondary N) is 1. The minimum atomic E-state index is -0.0527. The van der Waals surface area contributed by atoms with Crippen molar-refractivity contribution in [2.45, 2.75) is 64.3 Å². The van der Waals surface area contributed by atoms with Gasteiger partial charge in [0.15, 0.2) is 0 Å². The molecule has 144 valence electrons. The van der Waals surface area contributed by atoms with E-state index in [1.54, 1.807) is 24.3 Å². The number of nitriles is 1. The quantitative estimate of drug-likeness (QED) is 0.871. The third-order valence-electron chi connectivity index (χ3n) is 6.09. The summed E-state index contributed by atoms with van der Waals surface area (Å²) >= 11 is 0. The van der Waals surface area contributed by atoms with Gasteiger partial charge in [0.1, 0.15) is 0 Å². The zero-order valence-electron chi connectivity index (χ0n) is 16.1. The van der Waals surface area contributed by atoms with Crippen LogP contribution in [0.5, 0.6) is 0 Å². The summed E-state index contributed by atoms with van der Waals surface area (Å²) in [6, 6.07) is 9.47. The van der Waals surface area contributed by atoms with E-state index in [4.69, 9.17) is 5.26 Å². The van der Waals surface area contributed by atoms with E-state index in [0.29, 0.717) is 23.2 Å². The molecular weight excluding hydrogens is 338 g/mol. The second-order valence-electron chi connectivity index (χ2n) is 7.82. The van der Waals surface area contributed by atoms with Gasteiger partial charge in [-0.25, -0.2) is 0 Å². The Morgan fingerprint density at radius 1 is 1.15 bits per heavy atom. The lowest BCUT2D eigenvalue weighted by Gasteiger charge is -2.39. The highest BCUT2D eigenvalue weighted by molar-refractivity contribution is 5.93. The number of rotatable bonds is 4. The highest BCUT2D eigenvalue weighted by Gasteiger charge is 2.34. The summed E-state index contributed by atoms with van der Waals surface area (Å²) in [7, 11) is 0. The molecule has 1 atom stereocenters. The lowest BCUT2D eigenvalue weighted by molar-refractivity contribution is -0.141. The zero-order valence-corrected chi connectivity index (χ0v) is 16.1. The molecule has 2 fully saturated rings. The highest BCUT2D eigenvalue weighted by Crippen LogP contribution is 2.33. The van der Waals surface area contributed by atoms with Crippen molar-refractivity contribution < 1.29 is 9.59 Å². The van der Waals surface area contributed by atoms with Gasteiger partial charge in [0.2, 0.25) is 11.8 Å². The lowest BCUT2D eigenvalue weighted by atomic mass is 9.80. The minimum absolute atomic E-state index is 0.000367. The third-order valence-corrected chi connectivity index (χ3v) is 6.09. The minimum Gasteiger partial charge on any atom is -0.339 e. The first kappa shape index (κ1) is 19.4. The molecule has 5 nitrogen and oxygen atoms in total. The van der Waals surface area contributed by atoms with Crippen LogP contribution in [0.25, 0.3) is 0 Å². The van der Waals surface area contributed by atoms with Gasteiger partial charge in [-0.3, -0.25) is 9.59 Å². The molecule has 5 heteroatoms. The topological polar surface area (TPSA) is 73.2 Å². The van der Waals surface area contributed by atoms with Gasteiger partial charge in [0.25, 0.3) is 0 Å². The molecule has 1 saturated carbocycles. The van der Waals surface area contributed by atoms with Gasteiger partial charge in [-0.1, -0.05) is 13.0 Å². The Morgan fingerprint density at radius 3 is 2.59 bits per heavy atom. The maximum absolute atomic E-state index is 13.0. The van der Waals surface area contributed by atoms with Crippen LogP contribution >= 0.6 is 0 Å². The summed E-state index contributed by atoms with van der Waals surface area (Å²) in [5, 5.41) is 11.9. The molecule has 0 bridgehead atoms. The number of hydrogen-bond acceptors (Lipinski definition) is 3. The van der Waals surface area contributed by atoms with Crippen LogP contribution in [0.3, 0.4) is 0 Å². The summed E-state index contributed by atoms with van der Waals surface area (Å²) in [5.41, 5.74) is 1.20. The third kappa shape index (κ3) is 4.68. The van der Waals surface area contributed by atoms with Crippen molar-refractivity contribution in [3.63, 3.8) is 0 Å². The summed E-state index contributed by atoms with van der Waals surface area (Å²) in [5.74, 6) is 0.328. The molecule has 2 amide bonds. The smallest absolute Gasteiger partial charge is 0.227 e. The fourth-order valence-electron chi connectivity index (χ4n) is 4.46. The van der Waals surface area contributed by atoms with Crippen LogP contribution in [0, 0.1) is 23.2 Å². The Hall–Kier alpha value is -2.35. The van der Waals surface area contributed by atoms with Crippen LogP contribution in [0.4, 0.5) is 5.69 Å². The predicted octanol–water partition coefficient (Wildman–Crippen LogP) is 4.09. The van der Waals surface area contributed by atoms with Crippen molar-refractivity contribution in [3.8, 4) is 6.07 Å². The fraction of sp³-hybridized carbons (Fsp3) is 0.591. The van der Waals surface area contributed by atoms with Crippen LogP contribution in [0.1, 0.15) is 63.9 Å². The van der Waals surface area contributed by atoms with E-state index in [2.05, 4.69) is 23.2 Å². The molecule has 1 saturated heterocycles. The summed E-state index contributed by atoms with van der Waals surface area (Å²) in [4.78, 5) is 27.6. The Labute approximate surface area is 161 Å². The predicted molar refractivity (Wildman–Crippen MR) is 105 cm³/mol. The monoisotopic (exact) mass is 367 g/mol. The van der Waals surface area contributed by atoms with Crippen LogP contribution < -0.4 is 5.32 Å². The number of hydrogen-bond donors (Lipinski definition) is 1. The number of nitrogens with zero attached hydrogens (tertiary/aromatic N) is 2. The highest BCUT2D eigenvalue weighted by atomic mass is 16.2. The van der Waals surface area contributed by atoms with Crippen molar-refractivity contribution in [1.82, 2.24) is 4.90 Å². The molecule has 1 heterocycles. The first-order chi connectivity index (χ1) is 13.1. The van der Waals surface area contributed by atoms with Gasteiger partial charge >= 0.3 is 0 Å². The number of amides is 2. The molecule has 1 aromatic carbocycles. The number of piperidine rings is 1. The van der Waals surface area contributed by atoms with Gasteiger partial charge < -0.3 is 10.2 Å². The number of anilines is 1. The molecule has 3 rings (SSSR count). The van der Waals surface area contributed by atoms with Crippen molar-refractivity contribution in [1.29, 1.82) is 5.26 Å². The molecule has 1 aliphatic heterocycles. The molecule has 1 N–H and O–H groups in total. The average Bonchev–Trinajstić information content (AvgIpc) is 2.73. The van der Waals surface area contributed by atoms with E-state index >= 15 is 0 Å². The Bertz CT molecular complexity index is 717. The maximum atomic E-state index is 13.0. The van der Waals surface area contributed by atoms with Crippen LogP contribution in [0.15, 0.2) is 24.3 Å². The number of benzene rings is 1. The SMILES string of the molecule is CCC1CCCCN1C(=O)C1CCC(C(=O)Nc2cccc(C#N)c2)CC1. The summed E-state index contributed by atoms with van der Waals surface area (Å²) in [6.07, 6.45) is 7.59. The van der Waals surface area contributed by atoms with Gasteiger partial charge in [-0.2, -0.15) is 5.26 Å². The second-order valence-corrected chi connectivity index (χ2v) is 7.82. The molecule has 0 aromatic heterocycles. The van der Waals surface area contributed by atoms with E-state index < -0.39 is 0 Å².